The second-order valence-electron chi connectivity index (χ2n) is 6.74. The molecule has 3 aromatic rings. The Hall–Kier alpha value is -3.33. The Morgan fingerprint density at radius 2 is 1.77 bits per heavy atom. The van der Waals surface area contributed by atoms with Crippen molar-refractivity contribution in [2.24, 2.45) is 7.05 Å². The van der Waals surface area contributed by atoms with Gasteiger partial charge < -0.3 is 19.9 Å². The van der Waals surface area contributed by atoms with E-state index >= 15 is 0 Å². The van der Waals surface area contributed by atoms with Crippen molar-refractivity contribution in [3.05, 3.63) is 71.5 Å². The predicted molar refractivity (Wildman–Crippen MR) is 119 cm³/mol. The molecule has 1 aromatic heterocycles. The van der Waals surface area contributed by atoms with Crippen LogP contribution in [0.15, 0.2) is 59.8 Å². The van der Waals surface area contributed by atoms with Crippen molar-refractivity contribution in [1.29, 1.82) is 0 Å². The maximum atomic E-state index is 12.3. The number of aromatic nitrogens is 3. The lowest BCUT2D eigenvalue weighted by Crippen LogP contribution is -2.27. The van der Waals surface area contributed by atoms with E-state index in [1.807, 2.05) is 37.4 Å². The van der Waals surface area contributed by atoms with Gasteiger partial charge in [-0.15, -0.1) is 10.2 Å². The number of hydrogen-bond acceptors (Lipinski definition) is 6. The molecule has 162 valence electrons. The van der Waals surface area contributed by atoms with E-state index in [-0.39, 0.29) is 24.1 Å². The lowest BCUT2D eigenvalue weighted by Gasteiger charge is -2.07. The molecule has 3 rings (SSSR count). The van der Waals surface area contributed by atoms with Gasteiger partial charge in [0, 0.05) is 19.2 Å². The summed E-state index contributed by atoms with van der Waals surface area (Å²) in [6, 6.07) is 16.9. The van der Waals surface area contributed by atoms with E-state index in [1.165, 1.54) is 17.3 Å². The van der Waals surface area contributed by atoms with E-state index in [2.05, 4.69) is 20.8 Å². The smallest absolute Gasteiger partial charge is 0.251 e. The van der Waals surface area contributed by atoms with Crippen LogP contribution in [0.3, 0.4) is 0 Å². The number of thioether (sulfide) groups is 1. The average Bonchev–Trinajstić information content (AvgIpc) is 3.16. The lowest BCUT2D eigenvalue weighted by atomic mass is 10.1. The third-order valence-corrected chi connectivity index (χ3v) is 5.62. The molecule has 1 heterocycles. The van der Waals surface area contributed by atoms with Crippen LogP contribution in [0.25, 0.3) is 0 Å². The van der Waals surface area contributed by atoms with Gasteiger partial charge >= 0.3 is 0 Å². The minimum absolute atomic E-state index is 0.0571. The molecule has 0 atom stereocenters. The van der Waals surface area contributed by atoms with E-state index < -0.39 is 0 Å². The highest BCUT2D eigenvalue weighted by Crippen LogP contribution is 2.15. The highest BCUT2D eigenvalue weighted by atomic mass is 32.2. The van der Waals surface area contributed by atoms with Crippen LogP contribution >= 0.6 is 11.8 Å². The molecule has 0 radical (unpaired) electrons. The molecule has 9 heteroatoms. The molecule has 0 spiro atoms. The topological polar surface area (TPSA) is 98.1 Å². The Bertz CT molecular complexity index is 1010. The van der Waals surface area contributed by atoms with Crippen molar-refractivity contribution in [1.82, 2.24) is 25.4 Å². The summed E-state index contributed by atoms with van der Waals surface area (Å²) < 4.78 is 6.87. The number of ether oxygens (including phenoxy) is 1. The second kappa shape index (κ2) is 11.2. The Balaban J connectivity index is 1.42. The van der Waals surface area contributed by atoms with E-state index in [0.717, 1.165) is 6.42 Å². The molecule has 0 unspecified atom stereocenters. The summed E-state index contributed by atoms with van der Waals surface area (Å²) in [4.78, 5) is 24.4. The maximum absolute atomic E-state index is 12.3. The maximum Gasteiger partial charge on any atom is 0.251 e. The van der Waals surface area contributed by atoms with Gasteiger partial charge in [-0.2, -0.15) is 0 Å². The quantitative estimate of drug-likeness (QED) is 0.470. The summed E-state index contributed by atoms with van der Waals surface area (Å²) in [6.45, 7) is 0.822. The van der Waals surface area contributed by atoms with Gasteiger partial charge in [0.05, 0.1) is 19.4 Å². The molecule has 0 aliphatic heterocycles. The third-order valence-electron chi connectivity index (χ3n) is 4.60. The molecule has 0 aliphatic carbocycles. The Morgan fingerprint density at radius 3 is 2.48 bits per heavy atom. The molecular weight excluding hydrogens is 414 g/mol. The molecule has 2 aromatic carbocycles. The molecule has 31 heavy (non-hydrogen) atoms. The fraction of sp³-hybridized carbons (Fsp3) is 0.273. The number of hydrogen-bond donors (Lipinski definition) is 2. The summed E-state index contributed by atoms with van der Waals surface area (Å²) >= 11 is 1.31. The minimum Gasteiger partial charge on any atom is -0.497 e. The van der Waals surface area contributed by atoms with Crippen LogP contribution in [0.2, 0.25) is 0 Å². The SMILES string of the molecule is COc1ccc(C(=O)NCc2nnc(SCC(=O)NCCc3ccccc3)n2C)cc1. The number of methoxy groups -OCH3 is 1. The molecule has 0 fully saturated rings. The van der Waals surface area contributed by atoms with Crippen LogP contribution in [-0.2, 0) is 24.8 Å². The average molecular weight is 440 g/mol. The Morgan fingerprint density at radius 1 is 1.03 bits per heavy atom. The number of nitrogens with one attached hydrogen (secondary N) is 2. The molecular formula is C22H25N5O3S. The number of benzene rings is 2. The summed E-state index contributed by atoms with van der Waals surface area (Å²) in [7, 11) is 3.39. The number of amides is 2. The summed E-state index contributed by atoms with van der Waals surface area (Å²) in [5.74, 6) is 1.28. The molecule has 2 N–H and O–H groups in total. The van der Waals surface area contributed by atoms with Gasteiger partial charge in [-0.1, -0.05) is 42.1 Å². The number of carbonyl (C=O) groups excluding carboxylic acids is 2. The monoisotopic (exact) mass is 439 g/mol. The lowest BCUT2D eigenvalue weighted by molar-refractivity contribution is -0.118. The van der Waals surface area contributed by atoms with Gasteiger partial charge in [-0.3, -0.25) is 9.59 Å². The standard InChI is InChI=1S/C22H25N5O3S/c1-27-19(14-24-21(29)17-8-10-18(30-2)11-9-17)25-26-22(27)31-15-20(28)23-13-12-16-6-4-3-5-7-16/h3-11H,12-15H2,1-2H3,(H,23,28)(H,24,29). The first-order valence-corrected chi connectivity index (χ1v) is 10.8. The fourth-order valence-corrected chi connectivity index (χ4v) is 3.56. The Labute approximate surface area is 185 Å². The van der Waals surface area contributed by atoms with Gasteiger partial charge in [0.2, 0.25) is 5.91 Å². The van der Waals surface area contributed by atoms with Crippen LogP contribution in [0.5, 0.6) is 5.75 Å². The summed E-state index contributed by atoms with van der Waals surface area (Å²) in [5, 5.41) is 14.6. The largest absolute Gasteiger partial charge is 0.497 e. The molecule has 0 bridgehead atoms. The normalized spacial score (nSPS) is 10.5. The van der Waals surface area contributed by atoms with Crippen LogP contribution < -0.4 is 15.4 Å². The van der Waals surface area contributed by atoms with Gasteiger partial charge in [0.1, 0.15) is 5.75 Å². The first-order chi connectivity index (χ1) is 15.1. The van der Waals surface area contributed by atoms with Crippen LogP contribution in [0.4, 0.5) is 0 Å². The minimum atomic E-state index is -0.211. The zero-order valence-corrected chi connectivity index (χ0v) is 18.3. The predicted octanol–water partition coefficient (Wildman–Crippen LogP) is 2.20. The van der Waals surface area contributed by atoms with E-state index in [4.69, 9.17) is 4.74 Å². The first kappa shape index (κ1) is 22.4. The molecule has 8 nitrogen and oxygen atoms in total. The second-order valence-corrected chi connectivity index (χ2v) is 7.69. The van der Waals surface area contributed by atoms with Crippen molar-refractivity contribution in [2.75, 3.05) is 19.4 Å². The molecule has 0 saturated carbocycles. The van der Waals surface area contributed by atoms with Crippen molar-refractivity contribution in [3.8, 4) is 5.75 Å². The zero-order valence-electron chi connectivity index (χ0n) is 17.5. The van der Waals surface area contributed by atoms with Crippen molar-refractivity contribution in [2.45, 2.75) is 18.1 Å². The third kappa shape index (κ3) is 6.58. The number of rotatable bonds is 10. The van der Waals surface area contributed by atoms with Gasteiger partial charge in [0.15, 0.2) is 11.0 Å². The van der Waals surface area contributed by atoms with Crippen molar-refractivity contribution >= 4 is 23.6 Å². The summed E-state index contributed by atoms with van der Waals surface area (Å²) in [6.07, 6.45) is 0.791. The number of carbonyl (C=O) groups is 2. The molecule has 2 amide bonds. The van der Waals surface area contributed by atoms with Crippen LogP contribution in [-0.4, -0.2) is 46.0 Å². The van der Waals surface area contributed by atoms with E-state index in [0.29, 0.717) is 28.8 Å². The molecule has 0 aliphatic rings. The summed E-state index contributed by atoms with van der Waals surface area (Å²) in [5.41, 5.74) is 1.72. The Kier molecular flexibility index (Phi) is 8.05. The highest BCUT2D eigenvalue weighted by Gasteiger charge is 2.13. The zero-order chi connectivity index (χ0) is 22.1. The van der Waals surface area contributed by atoms with Gasteiger partial charge in [-0.05, 0) is 36.2 Å². The van der Waals surface area contributed by atoms with Crippen LogP contribution in [0, 0.1) is 0 Å². The molecule has 0 saturated heterocycles. The van der Waals surface area contributed by atoms with Crippen LogP contribution in [0.1, 0.15) is 21.7 Å². The van der Waals surface area contributed by atoms with E-state index in [1.54, 1.807) is 35.9 Å². The van der Waals surface area contributed by atoms with Gasteiger partial charge in [-0.25, -0.2) is 0 Å². The highest BCUT2D eigenvalue weighted by molar-refractivity contribution is 7.99. The van der Waals surface area contributed by atoms with Crippen molar-refractivity contribution in [3.63, 3.8) is 0 Å². The van der Waals surface area contributed by atoms with Gasteiger partial charge in [0.25, 0.3) is 5.91 Å². The van der Waals surface area contributed by atoms with Crippen molar-refractivity contribution < 1.29 is 14.3 Å². The first-order valence-electron chi connectivity index (χ1n) is 9.80. The fourth-order valence-electron chi connectivity index (χ4n) is 2.80. The van der Waals surface area contributed by atoms with E-state index in [9.17, 15) is 9.59 Å². The number of nitrogens with zero attached hydrogens (tertiary/aromatic N) is 3.